The summed E-state index contributed by atoms with van der Waals surface area (Å²) >= 11 is 1.75. The van der Waals surface area contributed by atoms with Gasteiger partial charge in [0, 0.05) is 24.5 Å². The molecular formula is C12H20N2OS. The topological polar surface area (TPSA) is 36.4 Å². The summed E-state index contributed by atoms with van der Waals surface area (Å²) in [5, 5.41) is 9.85. The summed E-state index contributed by atoms with van der Waals surface area (Å²) in [4.78, 5) is 8.11. The fraction of sp³-hybridized carbons (Fsp3) is 0.750. The third-order valence-corrected chi connectivity index (χ3v) is 4.43. The van der Waals surface area contributed by atoms with Gasteiger partial charge in [-0.1, -0.05) is 0 Å². The van der Waals surface area contributed by atoms with E-state index in [2.05, 4.69) is 16.8 Å². The molecular weight excluding hydrogens is 220 g/mol. The summed E-state index contributed by atoms with van der Waals surface area (Å²) < 4.78 is 0. The number of aliphatic hydroxyl groups is 1. The second-order valence-electron chi connectivity index (χ2n) is 4.95. The van der Waals surface area contributed by atoms with Crippen molar-refractivity contribution in [1.82, 2.24) is 9.88 Å². The Bertz CT molecular complexity index is 339. The number of hydrogen-bond acceptors (Lipinski definition) is 4. The summed E-state index contributed by atoms with van der Waals surface area (Å²) in [5.41, 5.74) is 2.66. The molecule has 0 radical (unpaired) electrons. The fourth-order valence-electron chi connectivity index (χ4n) is 2.08. The first kappa shape index (κ1) is 12.0. The van der Waals surface area contributed by atoms with Crippen molar-refractivity contribution in [3.05, 3.63) is 16.1 Å². The molecule has 0 aromatic carbocycles. The predicted molar refractivity (Wildman–Crippen MR) is 66.9 cm³/mol. The van der Waals surface area contributed by atoms with Gasteiger partial charge in [0.2, 0.25) is 0 Å². The highest BCUT2D eigenvalue weighted by Crippen LogP contribution is 2.21. The van der Waals surface area contributed by atoms with Crippen molar-refractivity contribution in [3.8, 4) is 0 Å². The van der Waals surface area contributed by atoms with E-state index in [-0.39, 0.29) is 0 Å². The summed E-state index contributed by atoms with van der Waals surface area (Å²) in [5.74, 6) is 0. The van der Waals surface area contributed by atoms with Crippen LogP contribution in [0.25, 0.3) is 0 Å². The molecule has 1 aliphatic heterocycles. The van der Waals surface area contributed by atoms with E-state index in [1.165, 1.54) is 10.6 Å². The van der Waals surface area contributed by atoms with E-state index in [1.807, 2.05) is 12.4 Å². The highest BCUT2D eigenvalue weighted by atomic mass is 32.1. The first-order chi connectivity index (χ1) is 7.57. The molecule has 0 spiro atoms. The summed E-state index contributed by atoms with van der Waals surface area (Å²) in [6.45, 7) is 7.15. The Balaban J connectivity index is 1.78. The molecule has 3 nitrogen and oxygen atoms in total. The largest absolute Gasteiger partial charge is 0.390 e. The quantitative estimate of drug-likeness (QED) is 0.876. The van der Waals surface area contributed by atoms with Crippen molar-refractivity contribution < 1.29 is 5.11 Å². The minimum atomic E-state index is -0.434. The Kier molecular flexibility index (Phi) is 3.62. The monoisotopic (exact) mass is 240 g/mol. The highest BCUT2D eigenvalue weighted by molar-refractivity contribution is 7.09. The third kappa shape index (κ3) is 3.03. The summed E-state index contributed by atoms with van der Waals surface area (Å²) in [6.07, 6.45) is 2.89. The van der Waals surface area contributed by atoms with E-state index in [1.54, 1.807) is 11.3 Å². The molecule has 0 unspecified atom stereocenters. The van der Waals surface area contributed by atoms with Gasteiger partial charge in [0.15, 0.2) is 0 Å². The zero-order valence-corrected chi connectivity index (χ0v) is 10.9. The lowest BCUT2D eigenvalue weighted by Gasteiger charge is -2.35. The maximum Gasteiger partial charge on any atom is 0.0797 e. The van der Waals surface area contributed by atoms with Gasteiger partial charge in [0.05, 0.1) is 16.8 Å². The molecule has 0 aliphatic carbocycles. The van der Waals surface area contributed by atoms with Crippen LogP contribution in [0.15, 0.2) is 5.51 Å². The highest BCUT2D eigenvalue weighted by Gasteiger charge is 2.26. The summed E-state index contributed by atoms with van der Waals surface area (Å²) in [6, 6.07) is 0. The van der Waals surface area contributed by atoms with Crippen LogP contribution in [0.3, 0.4) is 0 Å². The van der Waals surface area contributed by atoms with Crippen molar-refractivity contribution in [1.29, 1.82) is 0 Å². The number of likely N-dealkylation sites (tertiary alicyclic amines) is 1. The Morgan fingerprint density at radius 1 is 1.50 bits per heavy atom. The average Bonchev–Trinajstić information content (AvgIpc) is 2.63. The maximum atomic E-state index is 9.85. The number of aryl methyl sites for hydroxylation is 1. The zero-order chi connectivity index (χ0) is 11.6. The van der Waals surface area contributed by atoms with Crippen molar-refractivity contribution in [2.75, 3.05) is 19.6 Å². The molecule has 1 fully saturated rings. The third-order valence-electron chi connectivity index (χ3n) is 3.43. The lowest BCUT2D eigenvalue weighted by atomic mass is 9.94. The van der Waals surface area contributed by atoms with Gasteiger partial charge in [0.1, 0.15) is 0 Å². The number of thiazole rings is 1. The molecule has 2 heterocycles. The molecule has 0 bridgehead atoms. The van der Waals surface area contributed by atoms with Gasteiger partial charge < -0.3 is 10.0 Å². The first-order valence-corrected chi connectivity index (χ1v) is 6.78. The van der Waals surface area contributed by atoms with Crippen LogP contribution in [-0.2, 0) is 6.42 Å². The SMILES string of the molecule is Cc1ncsc1CCN1CCC(C)(O)CC1. The first-order valence-electron chi connectivity index (χ1n) is 5.90. The van der Waals surface area contributed by atoms with E-state index in [9.17, 15) is 5.11 Å². The van der Waals surface area contributed by atoms with Crippen LogP contribution in [0.1, 0.15) is 30.3 Å². The fourth-order valence-corrected chi connectivity index (χ4v) is 2.85. The van der Waals surface area contributed by atoms with E-state index in [4.69, 9.17) is 0 Å². The standard InChI is InChI=1S/C12H20N2OS/c1-10-11(16-9-13-10)3-6-14-7-4-12(2,15)5-8-14/h9,15H,3-8H2,1-2H3. The number of hydrogen-bond donors (Lipinski definition) is 1. The minimum absolute atomic E-state index is 0.434. The van der Waals surface area contributed by atoms with Crippen LogP contribution in [0.2, 0.25) is 0 Å². The molecule has 16 heavy (non-hydrogen) atoms. The molecule has 0 atom stereocenters. The van der Waals surface area contributed by atoms with Gasteiger partial charge >= 0.3 is 0 Å². The van der Waals surface area contributed by atoms with Crippen molar-refractivity contribution in [2.24, 2.45) is 0 Å². The van der Waals surface area contributed by atoms with Crippen LogP contribution in [0.4, 0.5) is 0 Å². The van der Waals surface area contributed by atoms with Gasteiger partial charge in [-0.2, -0.15) is 0 Å². The Hall–Kier alpha value is -0.450. The number of nitrogens with zero attached hydrogens (tertiary/aromatic N) is 2. The smallest absolute Gasteiger partial charge is 0.0797 e. The van der Waals surface area contributed by atoms with E-state index in [0.717, 1.165) is 38.9 Å². The Morgan fingerprint density at radius 2 is 2.19 bits per heavy atom. The Labute approximate surface area is 101 Å². The van der Waals surface area contributed by atoms with E-state index in [0.29, 0.717) is 0 Å². The van der Waals surface area contributed by atoms with Crippen LogP contribution in [0.5, 0.6) is 0 Å². The molecule has 4 heteroatoms. The number of rotatable bonds is 3. The van der Waals surface area contributed by atoms with Crippen molar-refractivity contribution in [3.63, 3.8) is 0 Å². The molecule has 1 aromatic rings. The zero-order valence-electron chi connectivity index (χ0n) is 10.1. The molecule has 0 saturated carbocycles. The molecule has 1 aromatic heterocycles. The lowest BCUT2D eigenvalue weighted by Crippen LogP contribution is -2.43. The molecule has 1 aliphatic rings. The number of piperidine rings is 1. The molecule has 2 rings (SSSR count). The summed E-state index contributed by atoms with van der Waals surface area (Å²) in [7, 11) is 0. The normalized spacial score (nSPS) is 21.2. The molecule has 1 saturated heterocycles. The van der Waals surface area contributed by atoms with Crippen LogP contribution in [-0.4, -0.2) is 40.2 Å². The van der Waals surface area contributed by atoms with Crippen LogP contribution >= 0.6 is 11.3 Å². The second-order valence-corrected chi connectivity index (χ2v) is 5.89. The minimum Gasteiger partial charge on any atom is -0.390 e. The van der Waals surface area contributed by atoms with Gasteiger partial charge in [-0.15, -0.1) is 11.3 Å². The van der Waals surface area contributed by atoms with Gasteiger partial charge in [-0.3, -0.25) is 0 Å². The van der Waals surface area contributed by atoms with Gasteiger partial charge in [-0.25, -0.2) is 4.98 Å². The van der Waals surface area contributed by atoms with E-state index >= 15 is 0 Å². The van der Waals surface area contributed by atoms with Crippen molar-refractivity contribution >= 4 is 11.3 Å². The van der Waals surface area contributed by atoms with Gasteiger partial charge in [-0.05, 0) is 33.1 Å². The molecule has 1 N–H and O–H groups in total. The lowest BCUT2D eigenvalue weighted by molar-refractivity contribution is -0.00488. The van der Waals surface area contributed by atoms with E-state index < -0.39 is 5.60 Å². The van der Waals surface area contributed by atoms with Crippen molar-refractivity contribution in [2.45, 2.75) is 38.7 Å². The van der Waals surface area contributed by atoms with Gasteiger partial charge in [0.25, 0.3) is 0 Å². The second kappa shape index (κ2) is 4.82. The van der Waals surface area contributed by atoms with Crippen LogP contribution in [0, 0.1) is 6.92 Å². The maximum absolute atomic E-state index is 9.85. The number of aromatic nitrogens is 1. The van der Waals surface area contributed by atoms with Crippen LogP contribution < -0.4 is 0 Å². The average molecular weight is 240 g/mol. The molecule has 0 amide bonds. The molecule has 90 valence electrons. The predicted octanol–water partition coefficient (Wildman–Crippen LogP) is 1.84. The Morgan fingerprint density at radius 3 is 2.75 bits per heavy atom.